The van der Waals surface area contributed by atoms with Crippen molar-refractivity contribution in [3.63, 3.8) is 0 Å². The third kappa shape index (κ3) is 2.76. The van der Waals surface area contributed by atoms with E-state index in [0.717, 1.165) is 19.3 Å². The van der Waals surface area contributed by atoms with Gasteiger partial charge in [0.15, 0.2) is 5.76 Å². The number of carbonyl (C=O) groups is 2. The molecule has 2 aliphatic rings. The van der Waals surface area contributed by atoms with Crippen molar-refractivity contribution in [3.05, 3.63) is 24.2 Å². The van der Waals surface area contributed by atoms with Crippen LogP contribution < -0.4 is 5.32 Å². The van der Waals surface area contributed by atoms with E-state index in [4.69, 9.17) is 9.15 Å². The molecule has 2 fully saturated rings. The molecule has 3 rings (SSSR count). The van der Waals surface area contributed by atoms with Gasteiger partial charge < -0.3 is 19.4 Å². The summed E-state index contributed by atoms with van der Waals surface area (Å²) in [6, 6.07) is 3.40. The molecule has 0 unspecified atom stereocenters. The lowest BCUT2D eigenvalue weighted by molar-refractivity contribution is -0.126. The molecule has 0 saturated carbocycles. The summed E-state index contributed by atoms with van der Waals surface area (Å²) in [5.74, 6) is 0.162. The summed E-state index contributed by atoms with van der Waals surface area (Å²) in [7, 11) is 1.62. The number of likely N-dealkylation sites (tertiary alicyclic amines) is 1. The van der Waals surface area contributed by atoms with Crippen LogP contribution in [0.15, 0.2) is 22.8 Å². The summed E-state index contributed by atoms with van der Waals surface area (Å²) < 4.78 is 11.5. The van der Waals surface area contributed by atoms with Crippen LogP contribution in [0.5, 0.6) is 0 Å². The Labute approximate surface area is 136 Å². The molecular weight excluding hydrogens is 296 g/mol. The fraction of sp³-hybridized carbons (Fsp3) is 0.647. The second kappa shape index (κ2) is 5.67. The Hall–Kier alpha value is -1.82. The standard InChI is InChI=1S/C17H24N2O4/c1-16(2)11-17(13(23-16)10-14(20)18-3)7-5-8-19(17)15(21)12-6-4-9-22-12/h4,6,9,13H,5,7-8,10-11H2,1-3H3,(H,18,20)/t13-,17+/m0/s1. The quantitative estimate of drug-likeness (QED) is 0.924. The van der Waals surface area contributed by atoms with Crippen molar-refractivity contribution < 1.29 is 18.7 Å². The summed E-state index contributed by atoms with van der Waals surface area (Å²) in [6.45, 7) is 4.71. The Morgan fingerprint density at radius 1 is 1.43 bits per heavy atom. The third-order valence-corrected chi connectivity index (χ3v) is 4.95. The van der Waals surface area contributed by atoms with Crippen molar-refractivity contribution in [2.24, 2.45) is 0 Å². The number of hydrogen-bond acceptors (Lipinski definition) is 4. The van der Waals surface area contributed by atoms with Gasteiger partial charge in [-0.15, -0.1) is 0 Å². The minimum absolute atomic E-state index is 0.0654. The fourth-order valence-electron chi connectivity index (χ4n) is 4.15. The number of furan rings is 1. The van der Waals surface area contributed by atoms with Crippen molar-refractivity contribution in [3.8, 4) is 0 Å². The fourth-order valence-corrected chi connectivity index (χ4v) is 4.15. The van der Waals surface area contributed by atoms with E-state index < -0.39 is 5.54 Å². The molecule has 1 aromatic rings. The van der Waals surface area contributed by atoms with E-state index >= 15 is 0 Å². The first-order valence-electron chi connectivity index (χ1n) is 8.12. The molecule has 2 aliphatic heterocycles. The molecule has 1 N–H and O–H groups in total. The van der Waals surface area contributed by atoms with Crippen LogP contribution in [0, 0.1) is 0 Å². The van der Waals surface area contributed by atoms with Gasteiger partial charge in [0.2, 0.25) is 5.91 Å². The number of carbonyl (C=O) groups excluding carboxylic acids is 2. The molecule has 2 saturated heterocycles. The predicted molar refractivity (Wildman–Crippen MR) is 84.0 cm³/mol. The number of rotatable bonds is 3. The second-order valence-corrected chi connectivity index (χ2v) is 7.06. The molecule has 126 valence electrons. The maximum Gasteiger partial charge on any atom is 0.290 e. The summed E-state index contributed by atoms with van der Waals surface area (Å²) in [6.07, 6.45) is 3.97. The minimum Gasteiger partial charge on any atom is -0.459 e. The molecule has 0 bridgehead atoms. The van der Waals surface area contributed by atoms with E-state index in [9.17, 15) is 9.59 Å². The zero-order valence-electron chi connectivity index (χ0n) is 13.9. The zero-order valence-corrected chi connectivity index (χ0v) is 13.9. The van der Waals surface area contributed by atoms with E-state index in [1.807, 2.05) is 18.7 Å². The highest BCUT2D eigenvalue weighted by molar-refractivity contribution is 5.92. The number of amides is 2. The van der Waals surface area contributed by atoms with Crippen LogP contribution in [0.25, 0.3) is 0 Å². The zero-order chi connectivity index (χ0) is 16.7. The van der Waals surface area contributed by atoms with Crippen LogP contribution >= 0.6 is 0 Å². The topological polar surface area (TPSA) is 71.8 Å². The summed E-state index contributed by atoms with van der Waals surface area (Å²) in [5, 5.41) is 2.66. The maximum absolute atomic E-state index is 12.9. The van der Waals surface area contributed by atoms with Gasteiger partial charge in [0.1, 0.15) is 0 Å². The SMILES string of the molecule is CNC(=O)C[C@@H]1OC(C)(C)C[C@]12CCCN2C(=O)c1ccco1. The van der Waals surface area contributed by atoms with Gasteiger partial charge in [0, 0.05) is 20.0 Å². The van der Waals surface area contributed by atoms with Crippen LogP contribution in [0.1, 0.15) is 50.1 Å². The van der Waals surface area contributed by atoms with E-state index in [0.29, 0.717) is 12.3 Å². The molecular formula is C17H24N2O4. The van der Waals surface area contributed by atoms with Gasteiger partial charge in [-0.05, 0) is 38.8 Å². The van der Waals surface area contributed by atoms with Gasteiger partial charge in [-0.3, -0.25) is 9.59 Å². The van der Waals surface area contributed by atoms with Crippen LogP contribution in [0.2, 0.25) is 0 Å². The van der Waals surface area contributed by atoms with Gasteiger partial charge in [-0.25, -0.2) is 0 Å². The molecule has 23 heavy (non-hydrogen) atoms. The summed E-state index contributed by atoms with van der Waals surface area (Å²) in [5.41, 5.74) is -0.787. The number of ether oxygens (including phenoxy) is 1. The highest BCUT2D eigenvalue weighted by atomic mass is 16.5. The highest BCUT2D eigenvalue weighted by Gasteiger charge is 2.58. The van der Waals surface area contributed by atoms with Crippen molar-refractivity contribution in [1.82, 2.24) is 10.2 Å². The minimum atomic E-state index is -0.431. The predicted octanol–water partition coefficient (Wildman–Crippen LogP) is 1.96. The molecule has 3 heterocycles. The van der Waals surface area contributed by atoms with Crippen molar-refractivity contribution in [2.45, 2.75) is 56.8 Å². The maximum atomic E-state index is 12.9. The van der Waals surface area contributed by atoms with E-state index in [1.54, 1.807) is 19.2 Å². The normalized spacial score (nSPS) is 29.2. The number of hydrogen-bond donors (Lipinski definition) is 1. The average Bonchev–Trinajstić information content (AvgIpc) is 3.19. The molecule has 2 atom stereocenters. The average molecular weight is 320 g/mol. The summed E-state index contributed by atoms with van der Waals surface area (Å²) in [4.78, 5) is 26.6. The molecule has 6 heteroatoms. The van der Waals surface area contributed by atoms with Crippen molar-refractivity contribution >= 4 is 11.8 Å². The highest BCUT2D eigenvalue weighted by Crippen LogP contribution is 2.49. The largest absolute Gasteiger partial charge is 0.459 e. The van der Waals surface area contributed by atoms with Gasteiger partial charge >= 0.3 is 0 Å². The molecule has 1 spiro atoms. The van der Waals surface area contributed by atoms with E-state index in [2.05, 4.69) is 5.32 Å². The Bertz CT molecular complexity index is 596. The van der Waals surface area contributed by atoms with Crippen molar-refractivity contribution in [2.75, 3.05) is 13.6 Å². The van der Waals surface area contributed by atoms with Crippen LogP contribution in [-0.4, -0.2) is 47.6 Å². The first kappa shape index (κ1) is 16.1. The molecule has 0 aromatic carbocycles. The molecule has 1 aromatic heterocycles. The molecule has 0 radical (unpaired) electrons. The smallest absolute Gasteiger partial charge is 0.290 e. The van der Waals surface area contributed by atoms with Gasteiger partial charge in [-0.2, -0.15) is 0 Å². The van der Waals surface area contributed by atoms with Crippen molar-refractivity contribution in [1.29, 1.82) is 0 Å². The summed E-state index contributed by atoms with van der Waals surface area (Å²) >= 11 is 0. The Morgan fingerprint density at radius 3 is 2.87 bits per heavy atom. The van der Waals surface area contributed by atoms with Crippen LogP contribution in [0.3, 0.4) is 0 Å². The van der Waals surface area contributed by atoms with Gasteiger partial charge in [-0.1, -0.05) is 0 Å². The van der Waals surface area contributed by atoms with E-state index in [1.165, 1.54) is 6.26 Å². The molecule has 6 nitrogen and oxygen atoms in total. The number of nitrogens with one attached hydrogen (secondary N) is 1. The number of nitrogens with zero attached hydrogens (tertiary/aromatic N) is 1. The van der Waals surface area contributed by atoms with Crippen LogP contribution in [-0.2, 0) is 9.53 Å². The second-order valence-electron chi connectivity index (χ2n) is 7.06. The van der Waals surface area contributed by atoms with Gasteiger partial charge in [0.25, 0.3) is 5.91 Å². The first-order chi connectivity index (χ1) is 10.9. The monoisotopic (exact) mass is 320 g/mol. The lowest BCUT2D eigenvalue weighted by atomic mass is 9.82. The Kier molecular flexibility index (Phi) is 3.96. The molecule has 2 amide bonds. The third-order valence-electron chi connectivity index (χ3n) is 4.95. The Morgan fingerprint density at radius 2 is 2.22 bits per heavy atom. The lowest BCUT2D eigenvalue weighted by Gasteiger charge is -2.38. The van der Waals surface area contributed by atoms with E-state index in [-0.39, 0.29) is 29.9 Å². The first-order valence-corrected chi connectivity index (χ1v) is 8.12. The Balaban J connectivity index is 1.92. The lowest BCUT2D eigenvalue weighted by Crippen LogP contribution is -2.53. The molecule has 0 aliphatic carbocycles. The van der Waals surface area contributed by atoms with Gasteiger partial charge in [0.05, 0.1) is 29.9 Å². The van der Waals surface area contributed by atoms with Crippen LogP contribution in [0.4, 0.5) is 0 Å².